The van der Waals surface area contributed by atoms with Crippen LogP contribution in [0.5, 0.6) is 0 Å². The van der Waals surface area contributed by atoms with Gasteiger partial charge in [0.2, 0.25) is 5.91 Å². The van der Waals surface area contributed by atoms with E-state index < -0.39 is 11.4 Å². The highest BCUT2D eigenvalue weighted by atomic mass is 35.5. The Balaban J connectivity index is 1.67. The number of hydrogen-bond donors (Lipinski definition) is 1. The van der Waals surface area contributed by atoms with Crippen LogP contribution in [0.3, 0.4) is 0 Å². The number of carboxylic acids is 1. The van der Waals surface area contributed by atoms with Crippen LogP contribution in [0.4, 0.5) is 11.4 Å². The van der Waals surface area contributed by atoms with Crippen molar-refractivity contribution < 1.29 is 14.7 Å². The molecule has 0 unspecified atom stereocenters. The maximum atomic E-state index is 13.7. The molecule has 0 radical (unpaired) electrons. The molecule has 7 heteroatoms. The maximum absolute atomic E-state index is 13.7. The average Bonchev–Trinajstić information content (AvgIpc) is 3.18. The summed E-state index contributed by atoms with van der Waals surface area (Å²) < 4.78 is 0. The fraction of sp³-hybridized carbons (Fsp3) is 0.143. The number of amides is 1. The first-order valence-corrected chi connectivity index (χ1v) is 9.12. The minimum atomic E-state index is -0.975. The van der Waals surface area contributed by atoms with E-state index in [0.29, 0.717) is 23.6 Å². The van der Waals surface area contributed by atoms with Gasteiger partial charge in [0, 0.05) is 5.02 Å². The quantitative estimate of drug-likeness (QED) is 0.722. The molecule has 2 aliphatic rings. The molecular weight excluding hydrogens is 378 g/mol. The number of benzene rings is 2. The van der Waals surface area contributed by atoms with Crippen molar-refractivity contribution in [1.29, 1.82) is 0 Å². The Morgan fingerprint density at radius 1 is 1.07 bits per heavy atom. The molecule has 1 aliphatic heterocycles. The first-order valence-electron chi connectivity index (χ1n) is 8.74. The third-order valence-corrected chi connectivity index (χ3v) is 5.81. The van der Waals surface area contributed by atoms with Gasteiger partial charge >= 0.3 is 5.97 Å². The number of carboxylic acid groups (broad SMARTS) is 1. The first-order chi connectivity index (χ1) is 13.5. The molecule has 0 fully saturated rings. The second kappa shape index (κ2) is 5.87. The average molecular weight is 392 g/mol. The molecule has 1 spiro atoms. The number of fused-ring (bicyclic) bond motifs is 3. The van der Waals surface area contributed by atoms with Crippen LogP contribution in [0.15, 0.2) is 55.1 Å². The van der Waals surface area contributed by atoms with E-state index in [1.807, 2.05) is 12.1 Å². The molecule has 1 amide bonds. The number of aromatic carboxylic acids is 1. The summed E-state index contributed by atoms with van der Waals surface area (Å²) >= 11 is 6.23. The van der Waals surface area contributed by atoms with Crippen LogP contribution in [0, 0.1) is 0 Å². The van der Waals surface area contributed by atoms with Crippen molar-refractivity contribution in [2.24, 2.45) is 0 Å². The lowest BCUT2D eigenvalue weighted by Crippen LogP contribution is -2.39. The molecule has 138 valence electrons. The summed E-state index contributed by atoms with van der Waals surface area (Å²) in [5, 5.41) is 9.84. The van der Waals surface area contributed by atoms with E-state index in [-0.39, 0.29) is 11.5 Å². The van der Waals surface area contributed by atoms with Crippen LogP contribution in [-0.2, 0) is 23.1 Å². The molecule has 1 atom stereocenters. The Bertz CT molecular complexity index is 1150. The molecule has 1 aromatic heterocycles. The second-order valence-corrected chi connectivity index (χ2v) is 7.56. The Labute approximate surface area is 165 Å². The zero-order valence-corrected chi connectivity index (χ0v) is 15.3. The molecule has 3 aromatic rings. The number of rotatable bonds is 2. The van der Waals surface area contributed by atoms with Crippen molar-refractivity contribution in [3.63, 3.8) is 0 Å². The standard InChI is InChI=1S/C21H14ClN3O3/c22-15-3-4-17-18(6-15)25(16-9-23-11-24-10-16)20(28)21(17)7-13-2-1-12(19(26)27)5-14(13)8-21/h1-6,9-11H,7-8H2,(H,26,27)/t21-/m1/s1. The van der Waals surface area contributed by atoms with Crippen molar-refractivity contribution in [1.82, 2.24) is 9.97 Å². The lowest BCUT2D eigenvalue weighted by Gasteiger charge is -2.23. The van der Waals surface area contributed by atoms with E-state index in [0.717, 1.165) is 22.4 Å². The van der Waals surface area contributed by atoms with Gasteiger partial charge in [-0.15, -0.1) is 0 Å². The smallest absolute Gasteiger partial charge is 0.335 e. The summed E-state index contributed by atoms with van der Waals surface area (Å²) in [4.78, 5) is 34.7. The molecule has 5 rings (SSSR count). The van der Waals surface area contributed by atoms with E-state index >= 15 is 0 Å². The molecule has 1 aliphatic carbocycles. The Morgan fingerprint density at radius 2 is 1.82 bits per heavy atom. The number of halogens is 1. The largest absolute Gasteiger partial charge is 0.478 e. The molecule has 2 heterocycles. The van der Waals surface area contributed by atoms with Crippen LogP contribution in [0.25, 0.3) is 0 Å². The molecule has 1 N–H and O–H groups in total. The fourth-order valence-electron chi connectivity index (χ4n) is 4.35. The topological polar surface area (TPSA) is 83.4 Å². The summed E-state index contributed by atoms with van der Waals surface area (Å²) in [6, 6.07) is 10.5. The third kappa shape index (κ3) is 2.28. The molecule has 2 aromatic carbocycles. The van der Waals surface area contributed by atoms with Gasteiger partial charge < -0.3 is 5.11 Å². The van der Waals surface area contributed by atoms with Gasteiger partial charge in [0.15, 0.2) is 0 Å². The monoisotopic (exact) mass is 391 g/mol. The van der Waals surface area contributed by atoms with E-state index in [1.165, 1.54) is 6.33 Å². The zero-order chi connectivity index (χ0) is 19.5. The Kier molecular flexibility index (Phi) is 3.54. The number of aromatic nitrogens is 2. The fourth-order valence-corrected chi connectivity index (χ4v) is 4.51. The van der Waals surface area contributed by atoms with Crippen molar-refractivity contribution in [2.75, 3.05) is 4.90 Å². The molecule has 28 heavy (non-hydrogen) atoms. The van der Waals surface area contributed by atoms with Crippen molar-refractivity contribution in [3.8, 4) is 0 Å². The van der Waals surface area contributed by atoms with Crippen LogP contribution in [0.2, 0.25) is 5.02 Å². The SMILES string of the molecule is O=C(O)c1ccc2c(c1)C[C@@]1(C2)C(=O)N(c2cncnc2)c2cc(Cl)ccc21. The highest BCUT2D eigenvalue weighted by molar-refractivity contribution is 6.31. The van der Waals surface area contributed by atoms with E-state index in [2.05, 4.69) is 9.97 Å². The van der Waals surface area contributed by atoms with Crippen LogP contribution < -0.4 is 4.90 Å². The maximum Gasteiger partial charge on any atom is 0.335 e. The molecule has 6 nitrogen and oxygen atoms in total. The Hall–Kier alpha value is -3.25. The third-order valence-electron chi connectivity index (χ3n) is 5.57. The number of hydrogen-bond acceptors (Lipinski definition) is 4. The molecular formula is C21H14ClN3O3. The predicted molar refractivity (Wildman–Crippen MR) is 103 cm³/mol. The minimum absolute atomic E-state index is 0.0763. The van der Waals surface area contributed by atoms with Crippen LogP contribution in [-0.4, -0.2) is 27.0 Å². The van der Waals surface area contributed by atoms with Gasteiger partial charge in [-0.25, -0.2) is 14.8 Å². The summed E-state index contributed by atoms with van der Waals surface area (Å²) in [5.74, 6) is -1.05. The number of nitrogens with zero attached hydrogens (tertiary/aromatic N) is 3. The van der Waals surface area contributed by atoms with Crippen molar-refractivity contribution in [3.05, 3.63) is 82.4 Å². The Morgan fingerprint density at radius 3 is 2.57 bits per heavy atom. The highest BCUT2D eigenvalue weighted by Crippen LogP contribution is 2.52. The summed E-state index contributed by atoms with van der Waals surface area (Å²) in [7, 11) is 0. The highest BCUT2D eigenvalue weighted by Gasteiger charge is 2.54. The van der Waals surface area contributed by atoms with E-state index in [4.69, 9.17) is 11.6 Å². The number of anilines is 2. The van der Waals surface area contributed by atoms with Gasteiger partial charge in [-0.2, -0.15) is 0 Å². The number of carbonyl (C=O) groups excluding carboxylic acids is 1. The van der Waals surface area contributed by atoms with Gasteiger partial charge in [0.1, 0.15) is 6.33 Å². The number of carbonyl (C=O) groups is 2. The van der Waals surface area contributed by atoms with Gasteiger partial charge in [-0.3, -0.25) is 9.69 Å². The zero-order valence-electron chi connectivity index (χ0n) is 14.6. The van der Waals surface area contributed by atoms with Crippen molar-refractivity contribution in [2.45, 2.75) is 18.3 Å². The van der Waals surface area contributed by atoms with E-state index in [1.54, 1.807) is 41.6 Å². The lowest BCUT2D eigenvalue weighted by molar-refractivity contribution is -0.122. The normalized spacial score (nSPS) is 19.8. The van der Waals surface area contributed by atoms with Crippen molar-refractivity contribution >= 4 is 34.9 Å². The van der Waals surface area contributed by atoms with Gasteiger partial charge in [-0.1, -0.05) is 23.7 Å². The molecule has 0 saturated carbocycles. The van der Waals surface area contributed by atoms with E-state index in [9.17, 15) is 14.7 Å². The second-order valence-electron chi connectivity index (χ2n) is 7.12. The van der Waals surface area contributed by atoms with Crippen LogP contribution in [0.1, 0.15) is 27.0 Å². The molecule has 0 bridgehead atoms. The summed E-state index contributed by atoms with van der Waals surface area (Å²) in [6.45, 7) is 0. The minimum Gasteiger partial charge on any atom is -0.478 e. The first kappa shape index (κ1) is 16.9. The lowest BCUT2D eigenvalue weighted by atomic mass is 9.79. The molecule has 0 saturated heterocycles. The predicted octanol–water partition coefficient (Wildman–Crippen LogP) is 3.54. The summed E-state index contributed by atoms with van der Waals surface area (Å²) in [6.07, 6.45) is 5.57. The van der Waals surface area contributed by atoms with Gasteiger partial charge in [0.25, 0.3) is 0 Å². The van der Waals surface area contributed by atoms with Gasteiger partial charge in [0.05, 0.1) is 34.7 Å². The summed E-state index contributed by atoms with van der Waals surface area (Å²) in [5.41, 5.74) is 3.51. The van der Waals surface area contributed by atoms with Gasteiger partial charge in [-0.05, 0) is 53.8 Å². The van der Waals surface area contributed by atoms with Crippen LogP contribution >= 0.6 is 11.6 Å².